The van der Waals surface area contributed by atoms with E-state index in [2.05, 4.69) is 61.3 Å². The van der Waals surface area contributed by atoms with Gasteiger partial charge < -0.3 is 15.0 Å². The minimum Gasteiger partial charge on any atom is -0.469 e. The summed E-state index contributed by atoms with van der Waals surface area (Å²) in [6, 6.07) is 10.6. The zero-order valence-corrected chi connectivity index (χ0v) is 16.6. The Kier molecular flexibility index (Phi) is 7.49. The molecule has 1 aliphatic rings. The van der Waals surface area contributed by atoms with Gasteiger partial charge in [-0.1, -0.05) is 44.2 Å². The van der Waals surface area contributed by atoms with Gasteiger partial charge in [-0.05, 0) is 37.2 Å². The van der Waals surface area contributed by atoms with E-state index >= 15 is 0 Å². The zero-order valence-electron chi connectivity index (χ0n) is 16.6. The second-order valence-electron chi connectivity index (χ2n) is 7.78. The lowest BCUT2D eigenvalue weighted by atomic mass is 9.86. The molecule has 0 aromatic heterocycles. The number of carbonyl (C=O) groups excluding carboxylic acids is 1. The van der Waals surface area contributed by atoms with E-state index in [9.17, 15) is 4.79 Å². The van der Waals surface area contributed by atoms with Crippen LogP contribution in [0.4, 0.5) is 0 Å². The third-order valence-electron chi connectivity index (χ3n) is 4.85. The van der Waals surface area contributed by atoms with Crippen LogP contribution in [0.1, 0.15) is 39.2 Å². The van der Waals surface area contributed by atoms with E-state index in [4.69, 9.17) is 9.73 Å². The van der Waals surface area contributed by atoms with Gasteiger partial charge in [-0.2, -0.15) is 0 Å². The van der Waals surface area contributed by atoms with Gasteiger partial charge >= 0.3 is 5.97 Å². The lowest BCUT2D eigenvalue weighted by molar-refractivity contribution is -0.146. The highest BCUT2D eigenvalue weighted by atomic mass is 16.5. The Balaban J connectivity index is 1.96. The van der Waals surface area contributed by atoms with Crippen molar-refractivity contribution in [3.63, 3.8) is 0 Å². The number of methoxy groups -OCH3 is 1. The summed E-state index contributed by atoms with van der Waals surface area (Å²) in [5.74, 6) is 0.890. The third kappa shape index (κ3) is 6.04. The van der Waals surface area contributed by atoms with Crippen LogP contribution in [0.2, 0.25) is 0 Å². The Morgan fingerprint density at radius 2 is 1.92 bits per heavy atom. The molecule has 0 atom stereocenters. The van der Waals surface area contributed by atoms with E-state index in [1.807, 2.05) is 0 Å². The average Bonchev–Trinajstić information content (AvgIpc) is 2.65. The minimum atomic E-state index is -0.0874. The molecule has 5 heteroatoms. The molecule has 0 amide bonds. The number of nitrogens with zero attached hydrogens (tertiary/aromatic N) is 2. The van der Waals surface area contributed by atoms with Crippen molar-refractivity contribution in [3.8, 4) is 0 Å². The Morgan fingerprint density at radius 3 is 2.50 bits per heavy atom. The van der Waals surface area contributed by atoms with Gasteiger partial charge in [0.2, 0.25) is 0 Å². The van der Waals surface area contributed by atoms with Crippen molar-refractivity contribution in [2.75, 3.05) is 33.3 Å². The van der Waals surface area contributed by atoms with Gasteiger partial charge in [-0.25, -0.2) is 0 Å². The van der Waals surface area contributed by atoms with Crippen LogP contribution in [0, 0.1) is 11.3 Å². The first-order valence-electron chi connectivity index (χ1n) is 9.60. The smallest absolute Gasteiger partial charge is 0.308 e. The number of nitrogens with one attached hydrogen (secondary N) is 1. The van der Waals surface area contributed by atoms with Crippen molar-refractivity contribution < 1.29 is 9.53 Å². The molecule has 0 spiro atoms. The zero-order chi connectivity index (χ0) is 19.0. The van der Waals surface area contributed by atoms with Crippen molar-refractivity contribution in [1.82, 2.24) is 10.2 Å². The molecule has 1 aliphatic heterocycles. The number of piperidine rings is 1. The topological polar surface area (TPSA) is 53.9 Å². The molecule has 1 heterocycles. The van der Waals surface area contributed by atoms with Crippen LogP contribution in [0.15, 0.2) is 35.3 Å². The number of guanidine groups is 1. The Labute approximate surface area is 157 Å². The molecular formula is C21H33N3O2. The van der Waals surface area contributed by atoms with Gasteiger partial charge in [0.25, 0.3) is 0 Å². The highest BCUT2D eigenvalue weighted by Crippen LogP contribution is 2.23. The van der Waals surface area contributed by atoms with Crippen LogP contribution in [0.25, 0.3) is 0 Å². The number of benzene rings is 1. The van der Waals surface area contributed by atoms with Gasteiger partial charge in [0, 0.05) is 26.2 Å². The van der Waals surface area contributed by atoms with Gasteiger partial charge in [0.15, 0.2) is 5.96 Å². The summed E-state index contributed by atoms with van der Waals surface area (Å²) in [6.45, 7) is 9.89. The lowest BCUT2D eigenvalue weighted by Crippen LogP contribution is -2.47. The fourth-order valence-corrected chi connectivity index (χ4v) is 3.41. The third-order valence-corrected chi connectivity index (χ3v) is 4.85. The maximum absolute atomic E-state index is 11.7. The van der Waals surface area contributed by atoms with Gasteiger partial charge in [0.05, 0.1) is 13.0 Å². The highest BCUT2D eigenvalue weighted by Gasteiger charge is 2.27. The van der Waals surface area contributed by atoms with Crippen LogP contribution in [0.3, 0.4) is 0 Å². The number of hydrogen-bond acceptors (Lipinski definition) is 3. The maximum atomic E-state index is 11.7. The normalized spacial score (nSPS) is 16.5. The molecule has 144 valence electrons. The van der Waals surface area contributed by atoms with Crippen LogP contribution in [-0.4, -0.2) is 50.1 Å². The summed E-state index contributed by atoms with van der Waals surface area (Å²) in [6.07, 6.45) is 2.65. The molecule has 1 fully saturated rings. The maximum Gasteiger partial charge on any atom is 0.308 e. The number of ether oxygens (including phenoxy) is 1. The molecule has 1 saturated heterocycles. The van der Waals surface area contributed by atoms with E-state index < -0.39 is 0 Å². The summed E-state index contributed by atoms with van der Waals surface area (Å²) in [5, 5.41) is 3.41. The summed E-state index contributed by atoms with van der Waals surface area (Å²) in [5.41, 5.74) is 1.43. The summed E-state index contributed by atoms with van der Waals surface area (Å²) >= 11 is 0. The number of likely N-dealkylation sites (tertiary alicyclic amines) is 1. The highest BCUT2D eigenvalue weighted by molar-refractivity contribution is 5.80. The van der Waals surface area contributed by atoms with Crippen LogP contribution >= 0.6 is 0 Å². The number of carbonyl (C=O) groups is 1. The van der Waals surface area contributed by atoms with Crippen LogP contribution in [0.5, 0.6) is 0 Å². The van der Waals surface area contributed by atoms with E-state index in [-0.39, 0.29) is 17.3 Å². The Hall–Kier alpha value is -2.04. The molecule has 1 aromatic rings. The summed E-state index contributed by atoms with van der Waals surface area (Å²) in [4.78, 5) is 18.9. The largest absolute Gasteiger partial charge is 0.469 e. The van der Waals surface area contributed by atoms with Crippen molar-refractivity contribution >= 4 is 11.9 Å². The molecule has 0 bridgehead atoms. The quantitative estimate of drug-likeness (QED) is 0.482. The van der Waals surface area contributed by atoms with Gasteiger partial charge in [0.1, 0.15) is 0 Å². The predicted octanol–water partition coefficient (Wildman–Crippen LogP) is 3.11. The second kappa shape index (κ2) is 9.60. The molecular weight excluding hydrogens is 326 g/mol. The fourth-order valence-electron chi connectivity index (χ4n) is 3.41. The van der Waals surface area contributed by atoms with E-state index in [1.54, 1.807) is 0 Å². The Morgan fingerprint density at radius 1 is 1.27 bits per heavy atom. The van der Waals surface area contributed by atoms with Gasteiger partial charge in [-0.15, -0.1) is 0 Å². The number of esters is 1. The van der Waals surface area contributed by atoms with Gasteiger partial charge in [-0.3, -0.25) is 9.79 Å². The minimum absolute atomic E-state index is 0.0219. The fraction of sp³-hybridized carbons (Fsp3) is 0.619. The molecule has 1 N–H and O–H groups in total. The van der Waals surface area contributed by atoms with Crippen molar-refractivity contribution in [2.24, 2.45) is 16.3 Å². The number of hydrogen-bond donors (Lipinski definition) is 1. The van der Waals surface area contributed by atoms with Crippen LogP contribution in [-0.2, 0) is 16.0 Å². The van der Waals surface area contributed by atoms with Crippen molar-refractivity contribution in [3.05, 3.63) is 35.9 Å². The van der Waals surface area contributed by atoms with E-state index in [0.717, 1.165) is 51.4 Å². The second-order valence-corrected chi connectivity index (χ2v) is 7.78. The number of rotatable bonds is 6. The molecule has 5 nitrogen and oxygen atoms in total. The number of aliphatic imine (C=N–C) groups is 1. The molecule has 0 radical (unpaired) electrons. The van der Waals surface area contributed by atoms with E-state index in [1.165, 1.54) is 12.7 Å². The first kappa shape index (κ1) is 20.3. The van der Waals surface area contributed by atoms with E-state index in [0.29, 0.717) is 0 Å². The van der Waals surface area contributed by atoms with Crippen LogP contribution < -0.4 is 5.32 Å². The first-order valence-corrected chi connectivity index (χ1v) is 9.60. The molecule has 0 saturated carbocycles. The first-order chi connectivity index (χ1) is 12.4. The van der Waals surface area contributed by atoms with Crippen molar-refractivity contribution in [2.45, 2.75) is 40.0 Å². The predicted molar refractivity (Wildman–Crippen MR) is 106 cm³/mol. The Bertz CT molecular complexity index is 591. The summed E-state index contributed by atoms with van der Waals surface area (Å²) in [7, 11) is 1.47. The standard InChI is InChI=1S/C21H33N3O2/c1-5-22-20(24-13-11-18(12-14-24)19(25)26-4)23-16-21(2,3)15-17-9-7-6-8-10-17/h6-10,18H,5,11-16H2,1-4H3,(H,22,23). The van der Waals surface area contributed by atoms with Crippen molar-refractivity contribution in [1.29, 1.82) is 0 Å². The molecule has 26 heavy (non-hydrogen) atoms. The molecule has 2 rings (SSSR count). The lowest BCUT2D eigenvalue weighted by Gasteiger charge is -2.34. The monoisotopic (exact) mass is 359 g/mol. The molecule has 1 aromatic carbocycles. The molecule has 0 aliphatic carbocycles. The average molecular weight is 360 g/mol. The molecule has 0 unspecified atom stereocenters. The SMILES string of the molecule is CCNC(=NCC(C)(C)Cc1ccccc1)N1CCC(C(=O)OC)CC1. The summed E-state index contributed by atoms with van der Waals surface area (Å²) < 4.78 is 4.88.